The van der Waals surface area contributed by atoms with Crippen LogP contribution in [-0.2, 0) is 0 Å². The first-order valence-electron chi connectivity index (χ1n) is 18.5. The highest BCUT2D eigenvalue weighted by atomic mass is 14.9. The van der Waals surface area contributed by atoms with Gasteiger partial charge in [0, 0.05) is 25.0 Å². The van der Waals surface area contributed by atoms with Gasteiger partial charge in [-0.15, -0.1) is 0 Å². The molecule has 0 aromatic heterocycles. The number of hydrogen-bond donors (Lipinski definition) is 3. The molecule has 1 aliphatic heterocycles. The highest BCUT2D eigenvalue weighted by Gasteiger charge is 2.26. The van der Waals surface area contributed by atoms with Crippen LogP contribution in [0.25, 0.3) is 11.1 Å². The van der Waals surface area contributed by atoms with Crippen LogP contribution in [0.5, 0.6) is 0 Å². The van der Waals surface area contributed by atoms with E-state index in [1.54, 1.807) is 6.20 Å². The van der Waals surface area contributed by atoms with E-state index in [9.17, 15) is 0 Å². The minimum atomic E-state index is 0.375. The first kappa shape index (κ1) is 34.8. The van der Waals surface area contributed by atoms with Gasteiger partial charge in [-0.3, -0.25) is 0 Å². The fourth-order valence-corrected chi connectivity index (χ4v) is 8.13. The summed E-state index contributed by atoms with van der Waals surface area (Å²) in [5, 5.41) is 10.4. The number of nitrogens with two attached hydrogens (primary N) is 1. The molecular weight excluding hydrogens is 571 g/mol. The lowest BCUT2D eigenvalue weighted by Crippen LogP contribution is -2.39. The Morgan fingerprint density at radius 3 is 2.74 bits per heavy atom. The third kappa shape index (κ3) is 8.87. The van der Waals surface area contributed by atoms with Gasteiger partial charge in [-0.05, 0) is 139 Å². The standard InChI is InChI=1S/C44H59N3/c1-5-7-14-36(34(6-2)26-27-45)29-33(4)37(31-47-44-21-12-16-35-15-8-9-18-41(35)44)23-22-32(3)39-24-25-40(38-17-13-28-46-30-38)43-20-11-10-19-42(39)43/h6,8,10-12,15-16,19-23,26-27,30,33,36,41,44,46-47H,5,7,9,13-14,17-18,24-25,28-29,31,45H2,1-4H3/b27-26-,32-22+,34-6+,37-23+. The van der Waals surface area contributed by atoms with E-state index in [-0.39, 0.29) is 0 Å². The second-order valence-electron chi connectivity index (χ2n) is 14.0. The van der Waals surface area contributed by atoms with Gasteiger partial charge in [0.1, 0.15) is 0 Å². The van der Waals surface area contributed by atoms with E-state index in [2.05, 4.69) is 123 Å². The molecule has 4 N–H and O–H groups in total. The second-order valence-corrected chi connectivity index (χ2v) is 14.0. The van der Waals surface area contributed by atoms with Crippen molar-refractivity contribution in [3.63, 3.8) is 0 Å². The molecule has 4 aliphatic rings. The van der Waals surface area contributed by atoms with Gasteiger partial charge in [-0.25, -0.2) is 0 Å². The molecule has 47 heavy (non-hydrogen) atoms. The number of rotatable bonds is 14. The van der Waals surface area contributed by atoms with Crippen LogP contribution in [0.1, 0.15) is 91.9 Å². The molecule has 0 spiro atoms. The van der Waals surface area contributed by atoms with Gasteiger partial charge in [0.2, 0.25) is 0 Å². The second kappa shape index (κ2) is 17.6. The number of nitrogens with one attached hydrogen (secondary N) is 2. The topological polar surface area (TPSA) is 50.1 Å². The van der Waals surface area contributed by atoms with E-state index in [1.165, 1.54) is 94.4 Å². The first-order chi connectivity index (χ1) is 23.0. The zero-order valence-electron chi connectivity index (χ0n) is 29.5. The average Bonchev–Trinajstić information content (AvgIpc) is 3.12. The summed E-state index contributed by atoms with van der Waals surface area (Å²) in [6.45, 7) is 11.2. The summed E-state index contributed by atoms with van der Waals surface area (Å²) in [6.07, 6.45) is 36.6. The summed E-state index contributed by atoms with van der Waals surface area (Å²) in [5.74, 6) is 1.51. The van der Waals surface area contributed by atoms with Crippen molar-refractivity contribution in [3.05, 3.63) is 130 Å². The normalized spacial score (nSPS) is 23.2. The fraction of sp³-hybridized carbons (Fsp3) is 0.455. The lowest BCUT2D eigenvalue weighted by molar-refractivity contribution is 0.410. The quantitative estimate of drug-likeness (QED) is 0.181. The summed E-state index contributed by atoms with van der Waals surface area (Å²) in [5.41, 5.74) is 16.2. The number of fused-ring (bicyclic) bond motifs is 2. The lowest BCUT2D eigenvalue weighted by Gasteiger charge is -2.32. The highest BCUT2D eigenvalue weighted by Crippen LogP contribution is 2.33. The van der Waals surface area contributed by atoms with Crippen LogP contribution < -0.4 is 26.8 Å². The number of benzene rings is 1. The highest BCUT2D eigenvalue weighted by molar-refractivity contribution is 5.74. The third-order valence-electron chi connectivity index (χ3n) is 10.9. The molecule has 3 heteroatoms. The largest absolute Gasteiger partial charge is 0.405 e. The minimum Gasteiger partial charge on any atom is -0.405 e. The Morgan fingerprint density at radius 1 is 1.13 bits per heavy atom. The molecule has 1 aromatic carbocycles. The molecule has 0 amide bonds. The Kier molecular flexibility index (Phi) is 13.0. The van der Waals surface area contributed by atoms with Gasteiger partial charge in [-0.2, -0.15) is 0 Å². The van der Waals surface area contributed by atoms with Crippen molar-refractivity contribution >= 4 is 11.1 Å². The van der Waals surface area contributed by atoms with Crippen LogP contribution in [0, 0.1) is 17.8 Å². The van der Waals surface area contributed by atoms with Crippen molar-refractivity contribution in [2.45, 2.75) is 97.9 Å². The smallest absolute Gasteiger partial charge is 0.0325 e. The number of allylic oxidation sites excluding steroid dienone is 11. The Balaban J connectivity index is 1.47. The molecule has 0 fully saturated rings. The first-order valence-corrected chi connectivity index (χ1v) is 18.5. The Bertz CT molecular complexity index is 1600. The number of unbranched alkanes of at least 4 members (excludes halogenated alkanes) is 1. The molecule has 0 bridgehead atoms. The zero-order chi connectivity index (χ0) is 33.0. The Morgan fingerprint density at radius 2 is 1.98 bits per heavy atom. The van der Waals surface area contributed by atoms with Gasteiger partial charge in [-0.1, -0.05) is 105 Å². The molecule has 1 heterocycles. The van der Waals surface area contributed by atoms with Crippen LogP contribution in [0.15, 0.2) is 119 Å². The molecule has 5 rings (SSSR count). The van der Waals surface area contributed by atoms with E-state index < -0.39 is 0 Å². The molecule has 3 nitrogen and oxygen atoms in total. The fourth-order valence-electron chi connectivity index (χ4n) is 8.13. The molecule has 4 atom stereocenters. The zero-order valence-corrected chi connectivity index (χ0v) is 29.5. The van der Waals surface area contributed by atoms with Crippen molar-refractivity contribution in [2.24, 2.45) is 23.5 Å². The van der Waals surface area contributed by atoms with Gasteiger partial charge in [0.05, 0.1) is 0 Å². The predicted molar refractivity (Wildman–Crippen MR) is 204 cm³/mol. The molecule has 0 radical (unpaired) electrons. The monoisotopic (exact) mass is 629 g/mol. The Labute approximate surface area is 285 Å². The van der Waals surface area contributed by atoms with Crippen LogP contribution in [-0.4, -0.2) is 19.1 Å². The molecule has 0 saturated heterocycles. The maximum atomic E-state index is 5.91. The van der Waals surface area contributed by atoms with Crippen molar-refractivity contribution in [2.75, 3.05) is 13.1 Å². The number of hydrogen-bond acceptors (Lipinski definition) is 3. The van der Waals surface area contributed by atoms with E-state index in [1.807, 2.05) is 0 Å². The summed E-state index contributed by atoms with van der Waals surface area (Å²) < 4.78 is 0. The van der Waals surface area contributed by atoms with Crippen LogP contribution >= 0.6 is 0 Å². The summed E-state index contributed by atoms with van der Waals surface area (Å²) in [4.78, 5) is 0. The molecule has 4 unspecified atom stereocenters. The minimum absolute atomic E-state index is 0.375. The van der Waals surface area contributed by atoms with Crippen LogP contribution in [0.3, 0.4) is 0 Å². The van der Waals surface area contributed by atoms with Crippen LogP contribution in [0.4, 0.5) is 0 Å². The molecule has 1 aromatic rings. The molecule has 250 valence electrons. The maximum Gasteiger partial charge on any atom is 0.0325 e. The molecule has 0 saturated carbocycles. The van der Waals surface area contributed by atoms with Gasteiger partial charge < -0.3 is 16.4 Å². The average molecular weight is 630 g/mol. The summed E-state index contributed by atoms with van der Waals surface area (Å²) in [7, 11) is 0. The van der Waals surface area contributed by atoms with E-state index in [0.29, 0.717) is 23.8 Å². The summed E-state index contributed by atoms with van der Waals surface area (Å²) in [6, 6.07) is 9.47. The van der Waals surface area contributed by atoms with E-state index in [0.717, 1.165) is 32.4 Å². The van der Waals surface area contributed by atoms with Gasteiger partial charge in [0.25, 0.3) is 0 Å². The summed E-state index contributed by atoms with van der Waals surface area (Å²) >= 11 is 0. The van der Waals surface area contributed by atoms with Crippen molar-refractivity contribution < 1.29 is 0 Å². The SMILES string of the molecule is C/C=C(\C=C/N)C(CCCC)CC(C)/C(=C/C=C(\C)C1=c2ccccc2=C(C2=CNCCC2)CC1)CNC1C=CC=C2C=CCCC21. The van der Waals surface area contributed by atoms with Gasteiger partial charge >= 0.3 is 0 Å². The van der Waals surface area contributed by atoms with Crippen molar-refractivity contribution in [1.82, 2.24) is 10.6 Å². The molecule has 3 aliphatic carbocycles. The third-order valence-corrected chi connectivity index (χ3v) is 10.9. The van der Waals surface area contributed by atoms with Crippen molar-refractivity contribution in [1.29, 1.82) is 0 Å². The maximum absolute atomic E-state index is 5.91. The molecular formula is C44H59N3. The van der Waals surface area contributed by atoms with Crippen molar-refractivity contribution in [3.8, 4) is 0 Å². The van der Waals surface area contributed by atoms with Crippen LogP contribution in [0.2, 0.25) is 0 Å². The Hall–Kier alpha value is -3.56. The van der Waals surface area contributed by atoms with E-state index in [4.69, 9.17) is 5.73 Å². The van der Waals surface area contributed by atoms with Gasteiger partial charge in [0.15, 0.2) is 0 Å². The van der Waals surface area contributed by atoms with E-state index >= 15 is 0 Å². The predicted octanol–water partition coefficient (Wildman–Crippen LogP) is 8.59. The lowest BCUT2D eigenvalue weighted by atomic mass is 9.80.